The van der Waals surface area contributed by atoms with E-state index in [4.69, 9.17) is 0 Å². The van der Waals surface area contributed by atoms with Crippen LogP contribution in [0.4, 0.5) is 10.1 Å². The fourth-order valence-corrected chi connectivity index (χ4v) is 2.06. The van der Waals surface area contributed by atoms with Gasteiger partial charge in [-0.05, 0) is 36.8 Å². The lowest BCUT2D eigenvalue weighted by molar-refractivity contribution is -0.385. The Hall–Kier alpha value is -3.02. The highest BCUT2D eigenvalue weighted by molar-refractivity contribution is 5.92. The minimum absolute atomic E-state index is 0.0665. The minimum atomic E-state index is -0.501. The number of hydrogen-bond donors (Lipinski definition) is 1. The molecule has 0 heterocycles. The topological polar surface area (TPSA) is 72.2 Å². The number of para-hydroxylation sites is 1. The first kappa shape index (κ1) is 16.4. The van der Waals surface area contributed by atoms with Crippen LogP contribution in [0.5, 0.6) is 0 Å². The molecule has 0 bridgehead atoms. The van der Waals surface area contributed by atoms with E-state index < -0.39 is 4.92 Å². The predicted octanol–water partition coefficient (Wildman–Crippen LogP) is 3.62. The van der Waals surface area contributed by atoms with E-state index in [-0.39, 0.29) is 23.5 Å². The van der Waals surface area contributed by atoms with E-state index in [1.807, 2.05) is 0 Å². The molecule has 0 aliphatic rings. The maximum absolute atomic E-state index is 12.9. The molecule has 1 N–H and O–H groups in total. The van der Waals surface area contributed by atoms with E-state index in [9.17, 15) is 19.3 Å². The SMILES string of the molecule is CC(NC(=O)/C=C/c1ccccc1[N+](=O)[O-])c1ccc(F)cc1. The molecule has 0 saturated carbocycles. The van der Waals surface area contributed by atoms with Gasteiger partial charge in [0.1, 0.15) is 5.82 Å². The van der Waals surface area contributed by atoms with Gasteiger partial charge in [-0.25, -0.2) is 4.39 Å². The summed E-state index contributed by atoms with van der Waals surface area (Å²) >= 11 is 0. The van der Waals surface area contributed by atoms with Crippen molar-refractivity contribution in [2.45, 2.75) is 13.0 Å². The third-order valence-corrected chi connectivity index (χ3v) is 3.28. The van der Waals surface area contributed by atoms with Crippen molar-refractivity contribution in [1.82, 2.24) is 5.32 Å². The summed E-state index contributed by atoms with van der Waals surface area (Å²) in [5.41, 5.74) is 1.05. The van der Waals surface area contributed by atoms with Crippen LogP contribution >= 0.6 is 0 Å². The van der Waals surface area contributed by atoms with Crippen molar-refractivity contribution in [1.29, 1.82) is 0 Å². The van der Waals surface area contributed by atoms with Crippen LogP contribution in [0.3, 0.4) is 0 Å². The Balaban J connectivity index is 2.04. The van der Waals surface area contributed by atoms with Gasteiger partial charge >= 0.3 is 0 Å². The highest BCUT2D eigenvalue weighted by Gasteiger charge is 2.11. The number of nitrogens with one attached hydrogen (secondary N) is 1. The molecule has 0 spiro atoms. The standard InChI is InChI=1S/C17H15FN2O3/c1-12(13-6-9-15(18)10-7-13)19-17(21)11-8-14-4-2-3-5-16(14)20(22)23/h2-12H,1H3,(H,19,21)/b11-8+. The number of rotatable bonds is 5. The number of nitro groups is 1. The number of amides is 1. The van der Waals surface area contributed by atoms with Gasteiger partial charge in [0.25, 0.3) is 5.69 Å². The van der Waals surface area contributed by atoms with Gasteiger partial charge in [-0.2, -0.15) is 0 Å². The highest BCUT2D eigenvalue weighted by atomic mass is 19.1. The highest BCUT2D eigenvalue weighted by Crippen LogP contribution is 2.19. The molecule has 1 unspecified atom stereocenters. The molecule has 0 aliphatic carbocycles. The quantitative estimate of drug-likeness (QED) is 0.520. The lowest BCUT2D eigenvalue weighted by Gasteiger charge is -2.12. The van der Waals surface area contributed by atoms with Crippen LogP contribution in [0.25, 0.3) is 6.08 Å². The largest absolute Gasteiger partial charge is 0.346 e. The zero-order valence-electron chi connectivity index (χ0n) is 12.4. The number of carbonyl (C=O) groups excluding carboxylic acids is 1. The Bertz CT molecular complexity index is 742. The zero-order valence-corrected chi connectivity index (χ0v) is 12.4. The molecule has 0 aliphatic heterocycles. The third kappa shape index (κ3) is 4.47. The summed E-state index contributed by atoms with van der Waals surface area (Å²) in [6, 6.07) is 11.7. The molecule has 1 atom stereocenters. The van der Waals surface area contributed by atoms with E-state index in [0.29, 0.717) is 5.56 Å². The number of hydrogen-bond acceptors (Lipinski definition) is 3. The maximum atomic E-state index is 12.9. The fourth-order valence-electron chi connectivity index (χ4n) is 2.06. The van der Waals surface area contributed by atoms with Crippen LogP contribution in [-0.4, -0.2) is 10.8 Å². The molecule has 0 radical (unpaired) electrons. The smallest absolute Gasteiger partial charge is 0.276 e. The molecule has 5 nitrogen and oxygen atoms in total. The fraction of sp³-hybridized carbons (Fsp3) is 0.118. The summed E-state index contributed by atoms with van der Waals surface area (Å²) in [4.78, 5) is 22.3. The van der Waals surface area contributed by atoms with E-state index >= 15 is 0 Å². The van der Waals surface area contributed by atoms with Crippen molar-refractivity contribution >= 4 is 17.7 Å². The van der Waals surface area contributed by atoms with Gasteiger partial charge < -0.3 is 5.32 Å². The van der Waals surface area contributed by atoms with Gasteiger partial charge in [0, 0.05) is 12.1 Å². The Kier molecular flexibility index (Phi) is 5.19. The van der Waals surface area contributed by atoms with Crippen molar-refractivity contribution in [2.24, 2.45) is 0 Å². The molecule has 23 heavy (non-hydrogen) atoms. The average Bonchev–Trinajstić information content (AvgIpc) is 2.53. The first-order valence-corrected chi connectivity index (χ1v) is 6.95. The minimum Gasteiger partial charge on any atom is -0.346 e. The molecule has 2 aromatic rings. The number of benzene rings is 2. The first-order valence-electron chi connectivity index (χ1n) is 6.95. The summed E-state index contributed by atoms with van der Waals surface area (Å²) < 4.78 is 12.9. The molecule has 0 aromatic heterocycles. The lowest BCUT2D eigenvalue weighted by atomic mass is 10.1. The van der Waals surface area contributed by atoms with Gasteiger partial charge in [0.05, 0.1) is 16.5 Å². The molecule has 0 fully saturated rings. The molecular formula is C17H15FN2O3. The first-order chi connectivity index (χ1) is 11.0. The average molecular weight is 314 g/mol. The van der Waals surface area contributed by atoms with E-state index in [0.717, 1.165) is 5.56 Å². The van der Waals surface area contributed by atoms with Crippen molar-refractivity contribution < 1.29 is 14.1 Å². The van der Waals surface area contributed by atoms with E-state index in [2.05, 4.69) is 5.32 Å². The number of nitrogens with zero attached hydrogens (tertiary/aromatic N) is 1. The maximum Gasteiger partial charge on any atom is 0.276 e. The summed E-state index contributed by atoms with van der Waals surface area (Å²) in [7, 11) is 0. The van der Waals surface area contributed by atoms with Crippen LogP contribution in [-0.2, 0) is 4.79 Å². The Morgan fingerprint density at radius 3 is 2.52 bits per heavy atom. The van der Waals surface area contributed by atoms with Gasteiger partial charge in [-0.15, -0.1) is 0 Å². The van der Waals surface area contributed by atoms with Gasteiger partial charge in [0.2, 0.25) is 5.91 Å². The molecule has 2 aromatic carbocycles. The third-order valence-electron chi connectivity index (χ3n) is 3.28. The van der Waals surface area contributed by atoms with Crippen molar-refractivity contribution in [2.75, 3.05) is 0 Å². The monoisotopic (exact) mass is 314 g/mol. The summed E-state index contributed by atoms with van der Waals surface area (Å²) in [6.07, 6.45) is 2.63. The summed E-state index contributed by atoms with van der Waals surface area (Å²) in [5.74, 6) is -0.733. The number of carbonyl (C=O) groups is 1. The summed E-state index contributed by atoms with van der Waals surface area (Å²) in [5, 5.41) is 13.6. The number of nitro benzene ring substituents is 1. The Morgan fingerprint density at radius 1 is 1.22 bits per heavy atom. The van der Waals surface area contributed by atoms with E-state index in [1.165, 1.54) is 30.4 Å². The van der Waals surface area contributed by atoms with Gasteiger partial charge in [-0.3, -0.25) is 14.9 Å². The zero-order chi connectivity index (χ0) is 16.8. The molecular weight excluding hydrogens is 299 g/mol. The Morgan fingerprint density at radius 2 is 1.87 bits per heavy atom. The predicted molar refractivity (Wildman–Crippen MR) is 85.1 cm³/mol. The normalized spacial score (nSPS) is 12.1. The molecule has 6 heteroatoms. The second-order valence-electron chi connectivity index (χ2n) is 4.93. The van der Waals surface area contributed by atoms with Crippen LogP contribution in [0.15, 0.2) is 54.6 Å². The van der Waals surface area contributed by atoms with Gasteiger partial charge in [-0.1, -0.05) is 24.3 Å². The summed E-state index contributed by atoms with van der Waals surface area (Å²) in [6.45, 7) is 1.77. The second kappa shape index (κ2) is 7.31. The van der Waals surface area contributed by atoms with Crippen LogP contribution < -0.4 is 5.32 Å². The second-order valence-corrected chi connectivity index (χ2v) is 4.93. The molecule has 118 valence electrons. The van der Waals surface area contributed by atoms with Crippen molar-refractivity contribution in [3.8, 4) is 0 Å². The lowest BCUT2D eigenvalue weighted by Crippen LogP contribution is -2.24. The number of halogens is 1. The van der Waals surface area contributed by atoms with E-state index in [1.54, 1.807) is 37.3 Å². The molecule has 1 amide bonds. The van der Waals surface area contributed by atoms with Crippen molar-refractivity contribution in [3.63, 3.8) is 0 Å². The van der Waals surface area contributed by atoms with Crippen LogP contribution in [0.1, 0.15) is 24.1 Å². The van der Waals surface area contributed by atoms with Crippen LogP contribution in [0, 0.1) is 15.9 Å². The van der Waals surface area contributed by atoms with Crippen molar-refractivity contribution in [3.05, 3.63) is 81.7 Å². The van der Waals surface area contributed by atoms with Crippen LogP contribution in [0.2, 0.25) is 0 Å². The Labute approximate surface area is 132 Å². The molecule has 2 rings (SSSR count). The van der Waals surface area contributed by atoms with Gasteiger partial charge in [0.15, 0.2) is 0 Å². The molecule has 0 saturated heterocycles.